The smallest absolute Gasteiger partial charge is 0.123 e. The molecule has 1 heterocycles. The maximum absolute atomic E-state index is 14.0. The van der Waals surface area contributed by atoms with Gasteiger partial charge < -0.3 is 14.8 Å². The molecule has 1 unspecified atom stereocenters. The molecule has 2 N–H and O–H groups in total. The predicted octanol–water partition coefficient (Wildman–Crippen LogP) is 5.80. The monoisotopic (exact) mass is 414 g/mol. The number of benzene rings is 1. The number of rotatable bonds is 8. The zero-order valence-corrected chi connectivity index (χ0v) is 19.2. The number of aromatic amines is 1. The fourth-order valence-corrected chi connectivity index (χ4v) is 3.79. The third kappa shape index (κ3) is 5.60. The molecule has 1 aromatic carbocycles. The van der Waals surface area contributed by atoms with Crippen LogP contribution in [0.3, 0.4) is 0 Å². The molecule has 2 rings (SSSR count). The molecule has 0 radical (unpaired) electrons. The van der Waals surface area contributed by atoms with Crippen LogP contribution < -0.4 is 4.74 Å². The van der Waals surface area contributed by atoms with Crippen molar-refractivity contribution in [1.82, 2.24) is 4.98 Å². The highest BCUT2D eigenvalue weighted by Crippen LogP contribution is 2.45. The number of nitrogens with one attached hydrogen (secondary N) is 1. The molecule has 0 aliphatic carbocycles. The Hall–Kier alpha value is -2.40. The molecule has 30 heavy (non-hydrogen) atoms. The summed E-state index contributed by atoms with van der Waals surface area (Å²) in [5.74, 6) is 0.313. The molecule has 0 spiro atoms. The van der Waals surface area contributed by atoms with E-state index in [9.17, 15) is 9.50 Å². The van der Waals surface area contributed by atoms with E-state index in [1.807, 2.05) is 59.8 Å². The van der Waals surface area contributed by atoms with Crippen molar-refractivity contribution in [2.75, 3.05) is 7.11 Å². The van der Waals surface area contributed by atoms with Crippen LogP contribution in [0.1, 0.15) is 64.9 Å². The third-order valence-corrected chi connectivity index (χ3v) is 5.72. The summed E-state index contributed by atoms with van der Waals surface area (Å²) in [4.78, 5) is 7.53. The molecule has 1 aromatic heterocycles. The van der Waals surface area contributed by atoms with Gasteiger partial charge in [0.05, 0.1) is 24.6 Å². The van der Waals surface area contributed by atoms with Crippen LogP contribution in [0, 0.1) is 11.2 Å². The van der Waals surface area contributed by atoms with Crippen LogP contribution in [-0.4, -0.2) is 29.0 Å². The summed E-state index contributed by atoms with van der Waals surface area (Å²) in [6.07, 6.45) is 6.21. The van der Waals surface area contributed by atoms with Crippen molar-refractivity contribution in [1.29, 1.82) is 0 Å². The Morgan fingerprint density at radius 1 is 1.13 bits per heavy atom. The lowest BCUT2D eigenvalue weighted by molar-refractivity contribution is -0.0776. The molecule has 5 heteroatoms. The first-order chi connectivity index (χ1) is 13.9. The first kappa shape index (κ1) is 23.9. The summed E-state index contributed by atoms with van der Waals surface area (Å²) < 4.78 is 19.5. The van der Waals surface area contributed by atoms with E-state index in [2.05, 4.69) is 9.98 Å². The minimum absolute atomic E-state index is 0.312. The molecule has 0 aliphatic heterocycles. The summed E-state index contributed by atoms with van der Waals surface area (Å²) in [6.45, 7) is 12.0. The average molecular weight is 415 g/mol. The molecule has 2 aromatic rings. The molecule has 164 valence electrons. The molecular weight excluding hydrogens is 379 g/mol. The lowest BCUT2D eigenvalue weighted by Gasteiger charge is -2.45. The Morgan fingerprint density at radius 3 is 2.43 bits per heavy atom. The molecule has 0 bridgehead atoms. The van der Waals surface area contributed by atoms with Crippen LogP contribution in [-0.2, 0) is 11.8 Å². The van der Waals surface area contributed by atoms with Gasteiger partial charge in [0, 0.05) is 23.9 Å². The third-order valence-electron chi connectivity index (χ3n) is 5.72. The van der Waals surface area contributed by atoms with Gasteiger partial charge in [-0.2, -0.15) is 0 Å². The highest BCUT2D eigenvalue weighted by Gasteiger charge is 2.45. The number of hydrogen-bond acceptors (Lipinski definition) is 3. The van der Waals surface area contributed by atoms with Gasteiger partial charge in [-0.05, 0) is 54.5 Å². The lowest BCUT2D eigenvalue weighted by atomic mass is 9.64. The van der Waals surface area contributed by atoms with Crippen LogP contribution in [0.2, 0.25) is 0 Å². The van der Waals surface area contributed by atoms with Crippen molar-refractivity contribution in [2.24, 2.45) is 10.4 Å². The van der Waals surface area contributed by atoms with Gasteiger partial charge in [0.25, 0.3) is 0 Å². The lowest BCUT2D eigenvalue weighted by Crippen LogP contribution is -2.49. The van der Waals surface area contributed by atoms with E-state index in [0.717, 1.165) is 17.0 Å². The highest BCUT2D eigenvalue weighted by molar-refractivity contribution is 5.77. The van der Waals surface area contributed by atoms with E-state index in [0.29, 0.717) is 18.6 Å². The number of H-pyrrole nitrogens is 1. The summed E-state index contributed by atoms with van der Waals surface area (Å²) in [6, 6.07) is 8.47. The van der Waals surface area contributed by atoms with E-state index in [1.54, 1.807) is 25.6 Å². The van der Waals surface area contributed by atoms with Crippen molar-refractivity contribution in [3.63, 3.8) is 0 Å². The standard InChI is InChI=1S/C25H35FN2O2/c1-8-13-27-16-20-11-10-19(28-20)15-25(29,23(2,3)4)17-24(5,6)21-14-18(26)9-12-22(21)30-7/h8-14,16,28-29H,15,17H2,1-7H3/b13-8-,27-16?. The van der Waals surface area contributed by atoms with Crippen LogP contribution in [0.5, 0.6) is 5.75 Å². The number of ether oxygens (including phenoxy) is 1. The molecule has 0 fully saturated rings. The Morgan fingerprint density at radius 2 is 1.83 bits per heavy atom. The van der Waals surface area contributed by atoms with Crippen molar-refractivity contribution in [3.8, 4) is 5.75 Å². The van der Waals surface area contributed by atoms with E-state index in [1.165, 1.54) is 12.1 Å². The van der Waals surface area contributed by atoms with E-state index >= 15 is 0 Å². The van der Waals surface area contributed by atoms with Crippen molar-refractivity contribution in [3.05, 3.63) is 65.4 Å². The van der Waals surface area contributed by atoms with Crippen molar-refractivity contribution < 1.29 is 14.2 Å². The largest absolute Gasteiger partial charge is 0.496 e. The van der Waals surface area contributed by atoms with Gasteiger partial charge in [0.2, 0.25) is 0 Å². The SMILES string of the molecule is C/C=C\N=Cc1ccc(CC(O)(CC(C)(C)c2cc(F)ccc2OC)C(C)(C)C)[nH]1. The normalized spacial score (nSPS) is 15.1. The van der Waals surface area contributed by atoms with Crippen molar-refractivity contribution in [2.45, 2.75) is 65.4 Å². The number of hydrogen-bond donors (Lipinski definition) is 2. The maximum Gasteiger partial charge on any atom is 0.123 e. The minimum atomic E-state index is -1.05. The fraction of sp³-hybridized carbons (Fsp3) is 0.480. The Kier molecular flexibility index (Phi) is 7.30. The predicted molar refractivity (Wildman–Crippen MR) is 122 cm³/mol. The van der Waals surface area contributed by atoms with Gasteiger partial charge in [0.1, 0.15) is 11.6 Å². The summed E-state index contributed by atoms with van der Waals surface area (Å²) in [7, 11) is 1.58. The van der Waals surface area contributed by atoms with Gasteiger partial charge >= 0.3 is 0 Å². The van der Waals surface area contributed by atoms with E-state index in [-0.39, 0.29) is 5.82 Å². The Labute approximate surface area is 179 Å². The van der Waals surface area contributed by atoms with Gasteiger partial charge in [-0.25, -0.2) is 4.39 Å². The molecule has 0 aliphatic rings. The first-order valence-electron chi connectivity index (χ1n) is 10.3. The zero-order chi connectivity index (χ0) is 22.6. The summed E-state index contributed by atoms with van der Waals surface area (Å²) in [5.41, 5.74) is 0.587. The molecule has 4 nitrogen and oxygen atoms in total. The number of aromatic nitrogens is 1. The quantitative estimate of drug-likeness (QED) is 0.536. The molecule has 0 saturated carbocycles. The van der Waals surface area contributed by atoms with Gasteiger partial charge in [-0.3, -0.25) is 4.99 Å². The topological polar surface area (TPSA) is 57.6 Å². The van der Waals surface area contributed by atoms with Crippen LogP contribution >= 0.6 is 0 Å². The number of methoxy groups -OCH3 is 1. The van der Waals surface area contributed by atoms with Gasteiger partial charge in [0.15, 0.2) is 0 Å². The van der Waals surface area contributed by atoms with Gasteiger partial charge in [-0.15, -0.1) is 0 Å². The summed E-state index contributed by atoms with van der Waals surface area (Å²) >= 11 is 0. The average Bonchev–Trinajstić information content (AvgIpc) is 3.07. The number of halogens is 1. The second-order valence-electron chi connectivity index (χ2n) is 9.56. The van der Waals surface area contributed by atoms with Crippen LogP contribution in [0.15, 0.2) is 47.6 Å². The second-order valence-corrected chi connectivity index (χ2v) is 9.56. The number of nitrogens with zero attached hydrogens (tertiary/aromatic N) is 1. The Balaban J connectivity index is 2.37. The first-order valence-corrected chi connectivity index (χ1v) is 10.3. The van der Waals surface area contributed by atoms with Crippen molar-refractivity contribution >= 4 is 6.21 Å². The maximum atomic E-state index is 14.0. The Bertz CT molecular complexity index is 906. The van der Waals surface area contributed by atoms with Gasteiger partial charge in [-0.1, -0.05) is 40.7 Å². The number of aliphatic hydroxyl groups is 1. The number of allylic oxidation sites excluding steroid dienone is 1. The van der Waals surface area contributed by atoms with E-state index in [4.69, 9.17) is 4.74 Å². The highest BCUT2D eigenvalue weighted by atomic mass is 19.1. The van der Waals surface area contributed by atoms with Crippen LogP contribution in [0.4, 0.5) is 4.39 Å². The summed E-state index contributed by atoms with van der Waals surface area (Å²) in [5, 5.41) is 11.9. The van der Waals surface area contributed by atoms with Crippen LogP contribution in [0.25, 0.3) is 0 Å². The second kappa shape index (κ2) is 9.17. The van der Waals surface area contributed by atoms with E-state index < -0.39 is 16.4 Å². The molecule has 0 amide bonds. The zero-order valence-electron chi connectivity index (χ0n) is 19.2. The minimum Gasteiger partial charge on any atom is -0.496 e. The molecule has 0 saturated heterocycles. The number of aliphatic imine (C=N–C) groups is 1. The molecule has 1 atom stereocenters. The fourth-order valence-electron chi connectivity index (χ4n) is 3.79. The molecular formula is C25H35FN2O2.